The number of pyridine rings is 2. The lowest BCUT2D eigenvalue weighted by Gasteiger charge is -2.25. The van der Waals surface area contributed by atoms with Gasteiger partial charge in [-0.1, -0.05) is 72.8 Å². The zero-order valence-electron chi connectivity index (χ0n) is 48.1. The zero-order chi connectivity index (χ0) is 53.8. The van der Waals surface area contributed by atoms with Gasteiger partial charge in [-0.05, 0) is 224 Å². The molecule has 0 saturated carbocycles. The van der Waals surface area contributed by atoms with Crippen LogP contribution in [0.1, 0.15) is 128 Å². The molecular weight excluding hydrogens is 941 g/mol. The van der Waals surface area contributed by atoms with Gasteiger partial charge in [0.1, 0.15) is 0 Å². The Labute approximate surface area is 457 Å². The van der Waals surface area contributed by atoms with Crippen molar-refractivity contribution in [3.05, 3.63) is 198 Å². The molecule has 4 aromatic carbocycles. The van der Waals surface area contributed by atoms with E-state index in [9.17, 15) is 0 Å². The average molecular weight is 1030 g/mol. The van der Waals surface area contributed by atoms with Crippen LogP contribution >= 0.6 is 0 Å². The fraction of sp³-hybridized carbons (Fsp3) is 0.485. The molecule has 2 aromatic heterocycles. The standard InChI is InChI=1S/C66H90N6O4/c1-11-73-31-27-63-51-19-15-21-53(63)40-55-35-49(43-71(9)47-61-25-17-23-59(67-61)45-69(5)6)37-57(65(55)29-33-75-13-3)42-58-38-50(44-72(10)48-62-26-18-24-60(68-62)46-70(7)8)36-56(66(58)30-34-76-14-4)41-54-22-16-20-52(39-51)64(54)28-32-74-12-2/h15-26,35-38H,11-14,27-34,39-48H2,1-10H3. The van der Waals surface area contributed by atoms with E-state index >= 15 is 0 Å². The van der Waals surface area contributed by atoms with Crippen molar-refractivity contribution in [2.45, 2.75) is 118 Å². The molecule has 408 valence electrons. The monoisotopic (exact) mass is 1030 g/mol. The predicted octanol–water partition coefficient (Wildman–Crippen LogP) is 10.9. The maximum absolute atomic E-state index is 6.25. The first-order valence-electron chi connectivity index (χ1n) is 28.3. The minimum Gasteiger partial charge on any atom is -0.381 e. The third-order valence-corrected chi connectivity index (χ3v) is 14.5. The van der Waals surface area contributed by atoms with E-state index in [0.29, 0.717) is 52.9 Å². The van der Waals surface area contributed by atoms with Crippen LogP contribution in [0.5, 0.6) is 0 Å². The highest BCUT2D eigenvalue weighted by Crippen LogP contribution is 2.34. The molecule has 0 amide bonds. The lowest BCUT2D eigenvalue weighted by atomic mass is 9.82. The van der Waals surface area contributed by atoms with Crippen LogP contribution < -0.4 is 0 Å². The van der Waals surface area contributed by atoms with Crippen LogP contribution in [-0.2, 0) is 110 Å². The Bertz CT molecular complexity index is 2570. The molecule has 1 aliphatic carbocycles. The Morgan fingerprint density at radius 1 is 0.342 bits per heavy atom. The second-order valence-corrected chi connectivity index (χ2v) is 21.5. The van der Waals surface area contributed by atoms with E-state index in [1.54, 1.807) is 0 Å². The van der Waals surface area contributed by atoms with Crippen molar-refractivity contribution >= 4 is 0 Å². The molecule has 0 atom stereocenters. The molecule has 1 aliphatic rings. The highest BCUT2D eigenvalue weighted by molar-refractivity contribution is 5.52. The summed E-state index contributed by atoms with van der Waals surface area (Å²) in [5, 5.41) is 0. The predicted molar refractivity (Wildman–Crippen MR) is 311 cm³/mol. The molecule has 0 fully saturated rings. The number of hydrogen-bond donors (Lipinski definition) is 0. The summed E-state index contributed by atoms with van der Waals surface area (Å²) < 4.78 is 24.8. The van der Waals surface area contributed by atoms with Gasteiger partial charge in [-0.3, -0.25) is 19.8 Å². The van der Waals surface area contributed by atoms with Crippen LogP contribution in [0, 0.1) is 0 Å². The van der Waals surface area contributed by atoms with Crippen LogP contribution in [0.15, 0.2) is 97.1 Å². The summed E-state index contributed by atoms with van der Waals surface area (Å²) >= 11 is 0. The summed E-state index contributed by atoms with van der Waals surface area (Å²) in [7, 11) is 12.9. The van der Waals surface area contributed by atoms with Gasteiger partial charge in [0.15, 0.2) is 0 Å². The van der Waals surface area contributed by atoms with E-state index in [4.69, 9.17) is 28.9 Å². The number of fused-ring (bicyclic) bond motifs is 8. The van der Waals surface area contributed by atoms with Crippen LogP contribution in [0.3, 0.4) is 0 Å². The number of rotatable bonds is 28. The first-order valence-corrected chi connectivity index (χ1v) is 28.3. The fourth-order valence-corrected chi connectivity index (χ4v) is 11.3. The fourth-order valence-electron chi connectivity index (χ4n) is 11.3. The molecular formula is C66H90N6O4. The van der Waals surface area contributed by atoms with Crippen molar-refractivity contribution in [3.8, 4) is 0 Å². The first kappa shape index (κ1) is 58.5. The number of nitrogens with zero attached hydrogens (tertiary/aromatic N) is 6. The lowest BCUT2D eigenvalue weighted by Crippen LogP contribution is -2.20. The van der Waals surface area contributed by atoms with Crippen LogP contribution in [0.2, 0.25) is 0 Å². The molecule has 0 N–H and O–H groups in total. The number of aromatic nitrogens is 2. The zero-order valence-corrected chi connectivity index (χ0v) is 48.1. The quantitative estimate of drug-likeness (QED) is 0.0443. The average Bonchev–Trinajstić information content (AvgIpc) is 3.37. The third-order valence-electron chi connectivity index (χ3n) is 14.5. The van der Waals surface area contributed by atoms with Crippen molar-refractivity contribution in [3.63, 3.8) is 0 Å². The second-order valence-electron chi connectivity index (χ2n) is 21.5. The van der Waals surface area contributed by atoms with Gasteiger partial charge in [0.25, 0.3) is 0 Å². The maximum atomic E-state index is 6.25. The van der Waals surface area contributed by atoms with Gasteiger partial charge in [0.2, 0.25) is 0 Å². The molecule has 6 aromatic rings. The van der Waals surface area contributed by atoms with Gasteiger partial charge in [0, 0.05) is 65.7 Å². The van der Waals surface area contributed by atoms with Crippen LogP contribution in [-0.4, -0.2) is 125 Å². The number of hydrogen-bond acceptors (Lipinski definition) is 10. The molecule has 7 rings (SSSR count). The minimum atomic E-state index is 0.665. The van der Waals surface area contributed by atoms with Crippen molar-refractivity contribution in [2.75, 3.05) is 95.1 Å². The van der Waals surface area contributed by atoms with E-state index < -0.39 is 0 Å². The van der Waals surface area contributed by atoms with Gasteiger partial charge in [0.05, 0.1) is 49.2 Å². The highest BCUT2D eigenvalue weighted by atomic mass is 16.5. The van der Waals surface area contributed by atoms with E-state index in [0.717, 1.165) is 113 Å². The van der Waals surface area contributed by atoms with Crippen molar-refractivity contribution in [1.29, 1.82) is 0 Å². The van der Waals surface area contributed by atoms with Gasteiger partial charge >= 0.3 is 0 Å². The Morgan fingerprint density at radius 3 is 0.908 bits per heavy atom. The third kappa shape index (κ3) is 17.4. The Hall–Kier alpha value is -5.14. The minimum absolute atomic E-state index is 0.665. The van der Waals surface area contributed by atoms with Crippen LogP contribution in [0.4, 0.5) is 0 Å². The summed E-state index contributed by atoms with van der Waals surface area (Å²) in [6.07, 6.45) is 6.68. The highest BCUT2D eigenvalue weighted by Gasteiger charge is 2.22. The molecule has 0 unspecified atom stereocenters. The normalized spacial score (nSPS) is 12.7. The summed E-state index contributed by atoms with van der Waals surface area (Å²) in [6.45, 7) is 18.6. The van der Waals surface area contributed by atoms with E-state index in [1.807, 2.05) is 0 Å². The van der Waals surface area contributed by atoms with Crippen molar-refractivity contribution in [2.24, 2.45) is 0 Å². The first-order chi connectivity index (χ1) is 36.9. The maximum Gasteiger partial charge on any atom is 0.0547 e. The molecule has 2 heterocycles. The summed E-state index contributed by atoms with van der Waals surface area (Å²) in [5.41, 5.74) is 23.6. The molecule has 10 nitrogen and oxygen atoms in total. The summed E-state index contributed by atoms with van der Waals surface area (Å²) in [5.74, 6) is 0. The Kier molecular flexibility index (Phi) is 23.2. The van der Waals surface area contributed by atoms with Gasteiger partial charge < -0.3 is 28.7 Å². The van der Waals surface area contributed by atoms with E-state index in [-0.39, 0.29) is 0 Å². The van der Waals surface area contributed by atoms with Crippen molar-refractivity contribution < 1.29 is 18.9 Å². The van der Waals surface area contributed by atoms with E-state index in [2.05, 4.69) is 187 Å². The lowest BCUT2D eigenvalue weighted by molar-refractivity contribution is 0.150. The molecule has 76 heavy (non-hydrogen) atoms. The molecule has 8 bridgehead atoms. The van der Waals surface area contributed by atoms with Gasteiger partial charge in [-0.25, -0.2) is 0 Å². The largest absolute Gasteiger partial charge is 0.381 e. The Balaban J connectivity index is 1.43. The molecule has 10 heteroatoms. The van der Waals surface area contributed by atoms with Crippen molar-refractivity contribution in [1.82, 2.24) is 29.6 Å². The van der Waals surface area contributed by atoms with Gasteiger partial charge in [-0.2, -0.15) is 0 Å². The molecule has 0 spiro atoms. The number of ether oxygens (including phenoxy) is 4. The summed E-state index contributed by atoms with van der Waals surface area (Å²) in [6, 6.07) is 37.1. The van der Waals surface area contributed by atoms with Crippen LogP contribution in [0.25, 0.3) is 0 Å². The molecule has 0 saturated heterocycles. The summed E-state index contributed by atoms with van der Waals surface area (Å²) in [4.78, 5) is 19.4. The van der Waals surface area contributed by atoms with Gasteiger partial charge in [-0.15, -0.1) is 0 Å². The second kappa shape index (κ2) is 30.1. The number of benzene rings is 4. The Morgan fingerprint density at radius 2 is 0.605 bits per heavy atom. The molecule has 0 radical (unpaired) electrons. The topological polar surface area (TPSA) is 75.7 Å². The van der Waals surface area contributed by atoms with E-state index in [1.165, 1.54) is 77.9 Å². The molecule has 0 aliphatic heterocycles. The SMILES string of the molecule is CCOCCc1c2cccc1Cc1cc(CN(C)Cc3cccc(CN(C)C)n3)cc(c1CCOCC)Cc1cc(CN(C)Cc3cccc(CN(C)C)n3)cc(c1CCOCC)Cc1cccc(c1CCOCC)C2. The smallest absolute Gasteiger partial charge is 0.0547 e.